The Labute approximate surface area is 387 Å². The first-order valence-electron chi connectivity index (χ1n) is 23.1. The molecule has 15 nitrogen and oxygen atoms in total. The van der Waals surface area contributed by atoms with Crippen molar-refractivity contribution in [1.82, 2.24) is 4.90 Å². The Balaban J connectivity index is 1.43. The van der Waals surface area contributed by atoms with E-state index in [2.05, 4.69) is 30.0 Å². The van der Waals surface area contributed by atoms with Gasteiger partial charge in [0.15, 0.2) is 17.2 Å². The molecular weight excluding hydrogens is 845 g/mol. The summed E-state index contributed by atoms with van der Waals surface area (Å²) in [5, 5.41) is 27.7. The van der Waals surface area contributed by atoms with Crippen molar-refractivity contribution in [2.24, 2.45) is 39.6 Å². The normalized spacial score (nSPS) is 32.6. The first-order chi connectivity index (χ1) is 31.1. The number of phenolic OH excluding ortho intramolecular Hbond substituents is 2. The number of Topliss-reactive ketones (excluding diaryl/α,β-unsaturated/α-hetero) is 1. The van der Waals surface area contributed by atoms with Crippen molar-refractivity contribution in [1.29, 1.82) is 0 Å². The van der Waals surface area contributed by atoms with Crippen molar-refractivity contribution in [3.05, 3.63) is 58.0 Å². The molecule has 7 bridgehead atoms. The van der Waals surface area contributed by atoms with Gasteiger partial charge in [0, 0.05) is 87.2 Å². The number of ketones is 1. The minimum Gasteiger partial charge on any atom is -0.507 e. The molecule has 15 heteroatoms. The van der Waals surface area contributed by atoms with Crippen LogP contribution in [0.25, 0.3) is 10.8 Å². The van der Waals surface area contributed by atoms with Crippen LogP contribution < -0.4 is 20.8 Å². The molecule has 356 valence electrons. The average molecular weight is 911 g/mol. The molecule has 1 amide bonds. The molecule has 0 radical (unpaired) electrons. The lowest BCUT2D eigenvalue weighted by molar-refractivity contribution is -0.336. The first-order valence-corrected chi connectivity index (χ1v) is 23.1. The fraction of sp³-hybridized carbons (Fsp3) is 0.588. The van der Waals surface area contributed by atoms with Crippen molar-refractivity contribution in [2.45, 2.75) is 137 Å². The summed E-state index contributed by atoms with van der Waals surface area (Å²) in [6.45, 7) is 22.6. The third-order valence-electron chi connectivity index (χ3n) is 13.8. The lowest BCUT2D eigenvalue weighted by atomic mass is 9.77. The number of carbonyl (C=O) groups excluding carboxylic acids is 3. The van der Waals surface area contributed by atoms with E-state index in [9.17, 15) is 19.8 Å². The van der Waals surface area contributed by atoms with Gasteiger partial charge in [-0.1, -0.05) is 65.7 Å². The maximum absolute atomic E-state index is 15.1. The molecule has 0 aliphatic carbocycles. The van der Waals surface area contributed by atoms with Gasteiger partial charge in [0.25, 0.3) is 11.7 Å². The molecule has 2 saturated heterocycles. The van der Waals surface area contributed by atoms with E-state index in [1.54, 1.807) is 39.0 Å². The van der Waals surface area contributed by atoms with E-state index in [-0.39, 0.29) is 74.2 Å². The summed E-state index contributed by atoms with van der Waals surface area (Å²) in [5.74, 6) is -3.87. The quantitative estimate of drug-likeness (QED) is 0.167. The second-order valence-corrected chi connectivity index (χ2v) is 19.5. The predicted octanol–water partition coefficient (Wildman–Crippen LogP) is 6.55. The fourth-order valence-corrected chi connectivity index (χ4v) is 10.4. The second-order valence-electron chi connectivity index (χ2n) is 19.5. The third-order valence-corrected chi connectivity index (χ3v) is 13.8. The highest BCUT2D eigenvalue weighted by Crippen LogP contribution is 2.51. The molecular formula is C51H66N4O11. The van der Waals surface area contributed by atoms with Crippen LogP contribution in [0, 0.1) is 48.9 Å². The summed E-state index contributed by atoms with van der Waals surface area (Å²) in [4.78, 5) is 54.8. The number of benzene rings is 2. The maximum atomic E-state index is 15.1. The van der Waals surface area contributed by atoms with Crippen LogP contribution in [0.3, 0.4) is 0 Å². The van der Waals surface area contributed by atoms with Crippen LogP contribution in [0.5, 0.6) is 17.2 Å². The minimum atomic E-state index is -1.94. The predicted molar refractivity (Wildman–Crippen MR) is 247 cm³/mol. The lowest BCUT2D eigenvalue weighted by Gasteiger charge is -2.49. The molecule has 6 heterocycles. The van der Waals surface area contributed by atoms with E-state index in [4.69, 9.17) is 44.8 Å². The summed E-state index contributed by atoms with van der Waals surface area (Å²) < 4.78 is 37.9. The number of nitrogens with zero attached hydrogens (tertiary/aromatic N) is 3. The number of terminal acetylenes is 1. The van der Waals surface area contributed by atoms with Crippen LogP contribution in [0.2, 0.25) is 0 Å². The van der Waals surface area contributed by atoms with Gasteiger partial charge in [-0.25, -0.2) is 0 Å². The highest BCUT2D eigenvalue weighted by Gasteiger charge is 2.53. The number of nitrogens with one attached hydrogen (secondary N) is 1. The maximum Gasteiger partial charge on any atom is 0.315 e. The van der Waals surface area contributed by atoms with Gasteiger partial charge in [-0.05, 0) is 39.7 Å². The van der Waals surface area contributed by atoms with Crippen LogP contribution in [0.15, 0.2) is 46.1 Å². The molecule has 6 aliphatic rings. The van der Waals surface area contributed by atoms with Gasteiger partial charge in [-0.2, -0.15) is 0 Å². The van der Waals surface area contributed by atoms with E-state index in [0.717, 1.165) is 6.54 Å². The zero-order valence-corrected chi connectivity index (χ0v) is 40.3. The molecule has 6 aliphatic heterocycles. The SMILES string of the molecule is C#C[C@H]1[C@@H](OC(C)=O)[C@H](C)[C@@H]2OC(C)(C)O[C@H]([C@H]2C)[C@@H](C)/C=C/C=C(/C)C(=O)Nc2c(O)c3c(O)c(C)c4c(c3c3c2=NC2(CCN(CC(C)C)CC2)N=3)C(=O)[C@@](CC)(O/C=C/[C@@H]1OC)O4. The van der Waals surface area contributed by atoms with Crippen LogP contribution in [0.4, 0.5) is 5.69 Å². The smallest absolute Gasteiger partial charge is 0.315 e. The number of esters is 1. The molecule has 66 heavy (non-hydrogen) atoms. The number of aromatic hydroxyl groups is 2. The molecule has 0 unspecified atom stereocenters. The van der Waals surface area contributed by atoms with Crippen LogP contribution >= 0.6 is 0 Å². The Morgan fingerprint density at radius 1 is 1.02 bits per heavy atom. The van der Waals surface area contributed by atoms with E-state index in [0.29, 0.717) is 37.4 Å². The third kappa shape index (κ3) is 8.73. The number of ether oxygens (including phenoxy) is 6. The van der Waals surface area contributed by atoms with Gasteiger partial charge in [0.05, 0.1) is 46.8 Å². The van der Waals surface area contributed by atoms with E-state index < -0.39 is 70.8 Å². The number of rotatable bonds is 5. The number of piperidine rings is 1. The zero-order valence-electron chi connectivity index (χ0n) is 40.3. The highest BCUT2D eigenvalue weighted by atomic mass is 16.7. The van der Waals surface area contributed by atoms with Crippen LogP contribution in [-0.2, 0) is 33.3 Å². The second kappa shape index (κ2) is 18.4. The van der Waals surface area contributed by atoms with E-state index >= 15 is 4.79 Å². The van der Waals surface area contributed by atoms with Gasteiger partial charge in [0.2, 0.25) is 0 Å². The summed E-state index contributed by atoms with van der Waals surface area (Å²) in [5.41, 5.74) is -0.446. The number of hydrogen-bond donors (Lipinski definition) is 3. The average Bonchev–Trinajstić information content (AvgIpc) is 3.78. The molecule has 0 aromatic heterocycles. The Morgan fingerprint density at radius 2 is 1.68 bits per heavy atom. The number of anilines is 1. The standard InChI is InChI=1S/C51H66N4O11/c1-14-33-34(61-13)19-24-62-51(15-2)47(59)37-35-36(41(57)29(7)46(37)66-51)42(58)40(39-38(35)53-50(54-39)20-22-55(23-21-50)25-26(3)4)52-48(60)28(6)18-16-17-27(5)43-30(8)44(65-49(11,12)64-43)31(9)45(33)63-32(10)56/h1,16-19,24,26-27,30-31,33-34,43-45,57-58H,15,20-23,25H2,2-13H3,(H,52,60)/b17-16+,24-19+,28-18-/t27-,30+,31+,33+,34-,43-,44+,45-,51-/m0/s1. The lowest BCUT2D eigenvalue weighted by Crippen LogP contribution is -2.56. The number of phenols is 2. The van der Waals surface area contributed by atoms with E-state index in [1.165, 1.54) is 20.3 Å². The number of hydrogen-bond acceptors (Lipinski definition) is 14. The van der Waals surface area contributed by atoms with Gasteiger partial charge >= 0.3 is 11.8 Å². The molecule has 8 rings (SSSR count). The van der Waals surface area contributed by atoms with Gasteiger partial charge in [-0.3, -0.25) is 24.4 Å². The molecule has 3 N–H and O–H groups in total. The fourth-order valence-electron chi connectivity index (χ4n) is 10.4. The number of likely N-dealkylation sites (tertiary alicyclic amines) is 1. The molecule has 2 fully saturated rings. The Morgan fingerprint density at radius 3 is 2.30 bits per heavy atom. The van der Waals surface area contributed by atoms with Crippen LogP contribution in [-0.4, -0.2) is 101 Å². The monoisotopic (exact) mass is 910 g/mol. The van der Waals surface area contributed by atoms with Gasteiger partial charge < -0.3 is 48.9 Å². The molecule has 2 aromatic rings. The van der Waals surface area contributed by atoms with E-state index in [1.807, 2.05) is 40.7 Å². The summed E-state index contributed by atoms with van der Waals surface area (Å²) in [6, 6.07) is 0. The van der Waals surface area contributed by atoms with Crippen molar-refractivity contribution < 1.29 is 53.0 Å². The minimum absolute atomic E-state index is 0.0176. The Kier molecular flexibility index (Phi) is 13.6. The number of methoxy groups -OCH3 is 1. The summed E-state index contributed by atoms with van der Waals surface area (Å²) >= 11 is 0. The van der Waals surface area contributed by atoms with Gasteiger partial charge in [0.1, 0.15) is 28.6 Å². The van der Waals surface area contributed by atoms with Gasteiger partial charge in [-0.15, -0.1) is 6.42 Å². The first kappa shape index (κ1) is 48.7. The Bertz CT molecular complexity index is 2550. The molecule has 1 spiro atoms. The number of amides is 1. The molecule has 2 aromatic carbocycles. The van der Waals surface area contributed by atoms with Crippen LogP contribution in [0.1, 0.15) is 104 Å². The Hall–Kier alpha value is -5.27. The summed E-state index contributed by atoms with van der Waals surface area (Å²) in [7, 11) is 1.47. The zero-order chi connectivity index (χ0) is 48.2. The van der Waals surface area contributed by atoms with Crippen molar-refractivity contribution >= 4 is 34.1 Å². The number of fused-ring (bicyclic) bond motifs is 9. The number of carbonyl (C=O) groups is 3. The van der Waals surface area contributed by atoms with Crippen molar-refractivity contribution in [2.75, 3.05) is 32.1 Å². The van der Waals surface area contributed by atoms with Crippen molar-refractivity contribution in [3.63, 3.8) is 0 Å². The number of allylic oxidation sites excluding steroid dienone is 2. The highest BCUT2D eigenvalue weighted by molar-refractivity contribution is 6.19. The summed E-state index contributed by atoms with van der Waals surface area (Å²) in [6.07, 6.45) is 13.0. The van der Waals surface area contributed by atoms with Crippen molar-refractivity contribution in [3.8, 4) is 29.6 Å². The largest absolute Gasteiger partial charge is 0.507 e. The molecule has 0 saturated carbocycles. The molecule has 9 atom stereocenters. The topological polar surface area (TPSA) is 187 Å².